The first-order valence-electron chi connectivity index (χ1n) is 10.3. The molecule has 0 unspecified atom stereocenters. The van der Waals surface area contributed by atoms with Gasteiger partial charge in [-0.3, -0.25) is 0 Å². The summed E-state index contributed by atoms with van der Waals surface area (Å²) >= 11 is 5.99. The standard InChI is InChI=1S/C23H22ClF3N6O/c1-31(2)15-7-8-20-18(10-15)19(13-32(20)3)29-22(34)28-12-17-11-21(23(25,26)27)30-33(17)16-6-4-5-14(24)9-16/h4-11,13H,12H2,1-3H3,(H2,28,29,34). The zero-order chi connectivity index (χ0) is 24.6. The second-order valence-electron chi connectivity index (χ2n) is 7.97. The number of aryl methyl sites for hydroxylation is 1. The fraction of sp³-hybridized carbons (Fsp3) is 0.217. The molecule has 0 radical (unpaired) electrons. The molecule has 0 bridgehead atoms. The Morgan fingerprint density at radius 1 is 1.15 bits per heavy atom. The summed E-state index contributed by atoms with van der Waals surface area (Å²) in [6.45, 7) is -0.185. The Balaban J connectivity index is 1.57. The first-order chi connectivity index (χ1) is 16.0. The lowest BCUT2D eigenvalue weighted by atomic mass is 10.2. The number of carbonyl (C=O) groups excluding carboxylic acids is 1. The average molecular weight is 491 g/mol. The molecule has 0 aliphatic carbocycles. The maximum atomic E-state index is 13.3. The monoisotopic (exact) mass is 490 g/mol. The molecule has 0 aliphatic rings. The first kappa shape index (κ1) is 23.5. The van der Waals surface area contributed by atoms with Crippen LogP contribution in [0.15, 0.2) is 54.7 Å². The van der Waals surface area contributed by atoms with E-state index in [4.69, 9.17) is 11.6 Å². The Morgan fingerprint density at radius 2 is 1.91 bits per heavy atom. The second-order valence-corrected chi connectivity index (χ2v) is 8.40. The number of anilines is 2. The van der Waals surface area contributed by atoms with Crippen LogP contribution in [0.5, 0.6) is 0 Å². The van der Waals surface area contributed by atoms with Crippen LogP contribution < -0.4 is 15.5 Å². The predicted octanol–water partition coefficient (Wildman–Crippen LogP) is 5.42. The van der Waals surface area contributed by atoms with E-state index >= 15 is 0 Å². The topological polar surface area (TPSA) is 67.1 Å². The number of nitrogens with zero attached hydrogens (tertiary/aromatic N) is 4. The zero-order valence-electron chi connectivity index (χ0n) is 18.6. The molecule has 178 valence electrons. The number of carbonyl (C=O) groups is 1. The van der Waals surface area contributed by atoms with Crippen LogP contribution in [-0.4, -0.2) is 34.5 Å². The number of halogens is 4. The van der Waals surface area contributed by atoms with Gasteiger partial charge in [-0.15, -0.1) is 0 Å². The van der Waals surface area contributed by atoms with Crippen LogP contribution in [0.3, 0.4) is 0 Å². The number of hydrogen-bond donors (Lipinski definition) is 2. The lowest BCUT2D eigenvalue weighted by Crippen LogP contribution is -2.29. The quantitative estimate of drug-likeness (QED) is 0.392. The lowest BCUT2D eigenvalue weighted by molar-refractivity contribution is -0.141. The highest BCUT2D eigenvalue weighted by Crippen LogP contribution is 2.31. The maximum absolute atomic E-state index is 13.3. The van der Waals surface area contributed by atoms with E-state index in [1.165, 1.54) is 6.07 Å². The Bertz CT molecular complexity index is 1360. The Hall–Kier alpha value is -3.66. The summed E-state index contributed by atoms with van der Waals surface area (Å²) in [5.74, 6) is 0. The molecule has 0 aliphatic heterocycles. The number of aromatic nitrogens is 3. The first-order valence-corrected chi connectivity index (χ1v) is 10.6. The molecule has 4 rings (SSSR count). The summed E-state index contributed by atoms with van der Waals surface area (Å²) in [7, 11) is 5.70. The van der Waals surface area contributed by atoms with Crippen molar-refractivity contribution in [1.82, 2.24) is 19.7 Å². The van der Waals surface area contributed by atoms with Crippen molar-refractivity contribution in [3.63, 3.8) is 0 Å². The molecule has 2 aromatic heterocycles. The highest BCUT2D eigenvalue weighted by Gasteiger charge is 2.35. The van der Waals surface area contributed by atoms with E-state index in [1.54, 1.807) is 24.4 Å². The summed E-state index contributed by atoms with van der Waals surface area (Å²) in [4.78, 5) is 14.6. The summed E-state index contributed by atoms with van der Waals surface area (Å²) < 4.78 is 42.9. The summed E-state index contributed by atoms with van der Waals surface area (Å²) in [5.41, 5.74) is 1.91. The molecule has 2 amide bonds. The van der Waals surface area contributed by atoms with Crippen LogP contribution in [0, 0.1) is 0 Å². The van der Waals surface area contributed by atoms with Crippen molar-refractivity contribution in [3.8, 4) is 5.69 Å². The van der Waals surface area contributed by atoms with Crippen molar-refractivity contribution in [2.75, 3.05) is 24.3 Å². The van der Waals surface area contributed by atoms with Crippen LogP contribution >= 0.6 is 11.6 Å². The van der Waals surface area contributed by atoms with E-state index in [0.29, 0.717) is 16.4 Å². The number of hydrogen-bond acceptors (Lipinski definition) is 3. The minimum atomic E-state index is -4.63. The van der Waals surface area contributed by atoms with Gasteiger partial charge in [0, 0.05) is 43.4 Å². The molecule has 2 aromatic carbocycles. The molecule has 4 aromatic rings. The number of fused-ring (bicyclic) bond motifs is 1. The number of amides is 2. The van der Waals surface area contributed by atoms with Gasteiger partial charge in [-0.1, -0.05) is 17.7 Å². The van der Waals surface area contributed by atoms with E-state index < -0.39 is 17.9 Å². The molecular formula is C23H22ClF3N6O. The summed E-state index contributed by atoms with van der Waals surface area (Å²) in [5, 5.41) is 10.3. The largest absolute Gasteiger partial charge is 0.435 e. The zero-order valence-corrected chi connectivity index (χ0v) is 19.4. The van der Waals surface area contributed by atoms with E-state index in [2.05, 4.69) is 15.7 Å². The Labute approximate surface area is 198 Å². The highest BCUT2D eigenvalue weighted by molar-refractivity contribution is 6.30. The Morgan fingerprint density at radius 3 is 2.59 bits per heavy atom. The summed E-state index contributed by atoms with van der Waals surface area (Å²) in [6, 6.07) is 12.5. The molecule has 2 N–H and O–H groups in total. The minimum Gasteiger partial charge on any atom is -0.378 e. The lowest BCUT2D eigenvalue weighted by Gasteiger charge is -2.13. The molecule has 0 saturated heterocycles. The molecule has 34 heavy (non-hydrogen) atoms. The van der Waals surface area contributed by atoms with E-state index in [1.807, 2.05) is 48.8 Å². The van der Waals surface area contributed by atoms with Gasteiger partial charge in [-0.2, -0.15) is 18.3 Å². The van der Waals surface area contributed by atoms with E-state index in [0.717, 1.165) is 27.3 Å². The number of alkyl halides is 3. The van der Waals surface area contributed by atoms with Gasteiger partial charge < -0.3 is 20.1 Å². The van der Waals surface area contributed by atoms with Crippen molar-refractivity contribution < 1.29 is 18.0 Å². The number of benzene rings is 2. The smallest absolute Gasteiger partial charge is 0.378 e. The highest BCUT2D eigenvalue weighted by atomic mass is 35.5. The van der Waals surface area contributed by atoms with Crippen LogP contribution in [0.25, 0.3) is 16.6 Å². The SMILES string of the molecule is CN(C)c1ccc2c(c1)c(NC(=O)NCc1cc(C(F)(F)F)nn1-c1cccc(Cl)c1)cn2C. The molecule has 7 nitrogen and oxygen atoms in total. The van der Waals surface area contributed by atoms with Crippen LogP contribution in [0.2, 0.25) is 5.02 Å². The third kappa shape index (κ3) is 4.81. The molecule has 11 heteroatoms. The third-order valence-electron chi connectivity index (χ3n) is 5.29. The van der Waals surface area contributed by atoms with Gasteiger partial charge >= 0.3 is 12.2 Å². The van der Waals surface area contributed by atoms with Crippen molar-refractivity contribution in [2.24, 2.45) is 7.05 Å². The molecular weight excluding hydrogens is 469 g/mol. The van der Waals surface area contributed by atoms with Crippen molar-refractivity contribution >= 4 is 39.9 Å². The van der Waals surface area contributed by atoms with Crippen LogP contribution in [0.4, 0.5) is 29.3 Å². The maximum Gasteiger partial charge on any atom is 0.435 e. The van der Waals surface area contributed by atoms with Gasteiger partial charge in [0.2, 0.25) is 0 Å². The van der Waals surface area contributed by atoms with Crippen LogP contribution in [0.1, 0.15) is 11.4 Å². The molecule has 0 saturated carbocycles. The van der Waals surface area contributed by atoms with Crippen molar-refractivity contribution in [1.29, 1.82) is 0 Å². The third-order valence-corrected chi connectivity index (χ3v) is 5.53. The predicted molar refractivity (Wildman–Crippen MR) is 127 cm³/mol. The van der Waals surface area contributed by atoms with Crippen molar-refractivity contribution in [3.05, 3.63) is 71.1 Å². The van der Waals surface area contributed by atoms with E-state index in [-0.39, 0.29) is 12.2 Å². The van der Waals surface area contributed by atoms with Gasteiger partial charge in [0.15, 0.2) is 5.69 Å². The van der Waals surface area contributed by atoms with Crippen molar-refractivity contribution in [2.45, 2.75) is 12.7 Å². The summed E-state index contributed by atoms with van der Waals surface area (Å²) in [6.07, 6.45) is -2.85. The Kier molecular flexibility index (Phi) is 6.18. The molecule has 0 fully saturated rings. The fourth-order valence-electron chi connectivity index (χ4n) is 3.61. The van der Waals surface area contributed by atoms with Gasteiger partial charge in [-0.25, -0.2) is 9.48 Å². The van der Waals surface area contributed by atoms with Crippen LogP contribution in [-0.2, 0) is 19.8 Å². The average Bonchev–Trinajstić information content (AvgIpc) is 3.34. The molecule has 2 heterocycles. The number of nitrogens with one attached hydrogen (secondary N) is 2. The molecule has 0 spiro atoms. The van der Waals surface area contributed by atoms with Gasteiger partial charge in [0.25, 0.3) is 0 Å². The normalized spacial score (nSPS) is 11.6. The minimum absolute atomic E-state index is 0.151. The fourth-order valence-corrected chi connectivity index (χ4v) is 3.80. The van der Waals surface area contributed by atoms with Gasteiger partial charge in [0.05, 0.1) is 29.1 Å². The molecule has 0 atom stereocenters. The second kappa shape index (κ2) is 8.94. The van der Waals surface area contributed by atoms with E-state index in [9.17, 15) is 18.0 Å². The van der Waals surface area contributed by atoms with Gasteiger partial charge in [0.1, 0.15) is 0 Å². The number of rotatable bonds is 5. The number of urea groups is 1. The van der Waals surface area contributed by atoms with Gasteiger partial charge in [-0.05, 0) is 42.5 Å².